The van der Waals surface area contributed by atoms with E-state index in [0.717, 1.165) is 6.42 Å². The number of nitrogens with zero attached hydrogens (tertiary/aromatic N) is 1. The Balaban J connectivity index is 1.99. The molecule has 2 N–H and O–H groups in total. The molecule has 0 heterocycles. The van der Waals surface area contributed by atoms with Crippen LogP contribution in [0.15, 0.2) is 65.7 Å². The first-order valence-corrected chi connectivity index (χ1v) is 11.4. The molecule has 2 aromatic rings. The second-order valence-electron chi connectivity index (χ2n) is 7.55. The maximum absolute atomic E-state index is 11.9. The maximum Gasteiger partial charge on any atom is 0.191 e. The molecule has 6 heteroatoms. The zero-order chi connectivity index (χ0) is 20.6. The van der Waals surface area contributed by atoms with Crippen molar-refractivity contribution in [3.63, 3.8) is 0 Å². The largest absolute Gasteiger partial charge is 0.356 e. The van der Waals surface area contributed by atoms with Crippen LogP contribution in [0.25, 0.3) is 0 Å². The molecule has 0 saturated carbocycles. The Morgan fingerprint density at radius 1 is 0.964 bits per heavy atom. The van der Waals surface area contributed by atoms with Crippen LogP contribution in [0.3, 0.4) is 0 Å². The predicted molar refractivity (Wildman–Crippen MR) is 118 cm³/mol. The van der Waals surface area contributed by atoms with E-state index in [1.54, 1.807) is 20.9 Å². The Bertz CT molecular complexity index is 824. The van der Waals surface area contributed by atoms with Crippen LogP contribution in [-0.2, 0) is 9.84 Å². The molecule has 2 aromatic carbocycles. The van der Waals surface area contributed by atoms with Crippen molar-refractivity contribution in [2.24, 2.45) is 4.99 Å². The summed E-state index contributed by atoms with van der Waals surface area (Å²) < 4.78 is 22.9. The van der Waals surface area contributed by atoms with Gasteiger partial charge in [-0.25, -0.2) is 8.42 Å². The second-order valence-corrected chi connectivity index (χ2v) is 10.2. The van der Waals surface area contributed by atoms with Gasteiger partial charge in [-0.1, -0.05) is 60.7 Å². The van der Waals surface area contributed by atoms with Gasteiger partial charge >= 0.3 is 0 Å². The summed E-state index contributed by atoms with van der Waals surface area (Å²) in [6.45, 7) is 4.44. The van der Waals surface area contributed by atoms with Crippen LogP contribution in [-0.4, -0.2) is 45.5 Å². The van der Waals surface area contributed by atoms with Gasteiger partial charge in [0, 0.05) is 32.3 Å². The van der Waals surface area contributed by atoms with Crippen LogP contribution in [0.1, 0.15) is 37.3 Å². The lowest BCUT2D eigenvalue weighted by Crippen LogP contribution is -2.48. The van der Waals surface area contributed by atoms with E-state index in [-0.39, 0.29) is 5.92 Å². The number of hydrogen-bond acceptors (Lipinski definition) is 3. The van der Waals surface area contributed by atoms with Gasteiger partial charge in [0.1, 0.15) is 0 Å². The molecule has 152 valence electrons. The highest BCUT2D eigenvalue weighted by molar-refractivity contribution is 7.92. The van der Waals surface area contributed by atoms with Gasteiger partial charge in [0.2, 0.25) is 0 Å². The Kier molecular flexibility index (Phi) is 7.63. The molecular formula is C22H31N3O2S. The van der Waals surface area contributed by atoms with Crippen LogP contribution >= 0.6 is 0 Å². The summed E-state index contributed by atoms with van der Waals surface area (Å²) in [7, 11) is -1.47. The van der Waals surface area contributed by atoms with E-state index in [1.165, 1.54) is 17.4 Å². The summed E-state index contributed by atoms with van der Waals surface area (Å²) in [6.07, 6.45) is 2.15. The number of benzene rings is 2. The first kappa shape index (κ1) is 22.0. The van der Waals surface area contributed by atoms with Gasteiger partial charge < -0.3 is 10.6 Å². The minimum absolute atomic E-state index is 0.278. The molecule has 0 aliphatic carbocycles. The van der Waals surface area contributed by atoms with Crippen molar-refractivity contribution in [3.8, 4) is 0 Å². The van der Waals surface area contributed by atoms with Gasteiger partial charge in [-0.2, -0.15) is 0 Å². The van der Waals surface area contributed by atoms with Crippen LogP contribution in [0.4, 0.5) is 0 Å². The molecule has 28 heavy (non-hydrogen) atoms. The highest BCUT2D eigenvalue weighted by atomic mass is 32.2. The summed E-state index contributed by atoms with van der Waals surface area (Å²) in [6, 6.07) is 20.9. The Hall–Kier alpha value is -2.34. The third-order valence-electron chi connectivity index (χ3n) is 5.04. The van der Waals surface area contributed by atoms with Crippen molar-refractivity contribution < 1.29 is 8.42 Å². The molecule has 0 atom stereocenters. The van der Waals surface area contributed by atoms with Crippen molar-refractivity contribution in [1.82, 2.24) is 10.6 Å². The molecule has 0 spiro atoms. The number of hydrogen-bond donors (Lipinski definition) is 2. The number of nitrogens with one attached hydrogen (secondary N) is 2. The first-order valence-electron chi connectivity index (χ1n) is 9.48. The third-order valence-corrected chi connectivity index (χ3v) is 7.19. The van der Waals surface area contributed by atoms with Crippen LogP contribution in [0.5, 0.6) is 0 Å². The van der Waals surface area contributed by atoms with Crippen molar-refractivity contribution in [2.75, 3.05) is 26.4 Å². The molecule has 0 amide bonds. The second kappa shape index (κ2) is 9.73. The fourth-order valence-corrected chi connectivity index (χ4v) is 3.21. The normalized spacial score (nSPS) is 12.8. The van der Waals surface area contributed by atoms with Crippen LogP contribution < -0.4 is 10.6 Å². The lowest BCUT2D eigenvalue weighted by Gasteiger charge is -2.24. The number of rotatable bonds is 8. The summed E-state index contributed by atoms with van der Waals surface area (Å²) in [4.78, 5) is 4.22. The van der Waals surface area contributed by atoms with E-state index in [1.807, 2.05) is 12.1 Å². The van der Waals surface area contributed by atoms with Gasteiger partial charge in [-0.15, -0.1) is 0 Å². The fraction of sp³-hybridized carbons (Fsp3) is 0.409. The molecule has 0 aromatic heterocycles. The zero-order valence-electron chi connectivity index (χ0n) is 17.1. The van der Waals surface area contributed by atoms with E-state index in [9.17, 15) is 8.42 Å². The average Bonchev–Trinajstić information content (AvgIpc) is 2.68. The van der Waals surface area contributed by atoms with E-state index in [0.29, 0.717) is 19.0 Å². The van der Waals surface area contributed by atoms with Gasteiger partial charge in [0.15, 0.2) is 15.8 Å². The molecule has 0 radical (unpaired) electrons. The molecular weight excluding hydrogens is 370 g/mol. The van der Waals surface area contributed by atoms with Crippen LogP contribution in [0, 0.1) is 0 Å². The zero-order valence-corrected chi connectivity index (χ0v) is 18.0. The van der Waals surface area contributed by atoms with Gasteiger partial charge in [-0.05, 0) is 31.4 Å². The Morgan fingerprint density at radius 2 is 1.46 bits per heavy atom. The Labute approximate surface area is 169 Å². The highest BCUT2D eigenvalue weighted by Gasteiger charge is 2.30. The quantitative estimate of drug-likeness (QED) is 0.526. The van der Waals surface area contributed by atoms with Crippen molar-refractivity contribution >= 4 is 15.8 Å². The van der Waals surface area contributed by atoms with E-state index in [2.05, 4.69) is 64.2 Å². The number of aliphatic imine (C=N–C) groups is 1. The first-order chi connectivity index (χ1) is 13.2. The molecule has 0 aliphatic rings. The lowest BCUT2D eigenvalue weighted by atomic mass is 9.88. The third kappa shape index (κ3) is 6.09. The molecule has 5 nitrogen and oxygen atoms in total. The molecule has 0 fully saturated rings. The molecule has 0 aliphatic heterocycles. The van der Waals surface area contributed by atoms with E-state index in [4.69, 9.17) is 0 Å². The van der Waals surface area contributed by atoms with Gasteiger partial charge in [0.25, 0.3) is 0 Å². The molecule has 0 saturated heterocycles. The number of sulfone groups is 1. The highest BCUT2D eigenvalue weighted by Crippen LogP contribution is 2.27. The van der Waals surface area contributed by atoms with Crippen molar-refractivity contribution in [3.05, 3.63) is 71.8 Å². The monoisotopic (exact) mass is 401 g/mol. The van der Waals surface area contributed by atoms with Crippen LogP contribution in [0.2, 0.25) is 0 Å². The minimum atomic E-state index is -3.16. The molecule has 0 unspecified atom stereocenters. The summed E-state index contributed by atoms with van der Waals surface area (Å²) >= 11 is 0. The van der Waals surface area contributed by atoms with Gasteiger partial charge in [0.05, 0.1) is 4.75 Å². The summed E-state index contributed by atoms with van der Waals surface area (Å²) in [5, 5.41) is 6.44. The van der Waals surface area contributed by atoms with E-state index >= 15 is 0 Å². The fourth-order valence-electron chi connectivity index (χ4n) is 2.88. The van der Waals surface area contributed by atoms with Crippen molar-refractivity contribution in [1.29, 1.82) is 0 Å². The molecule has 0 bridgehead atoms. The summed E-state index contributed by atoms with van der Waals surface area (Å²) in [5.74, 6) is 0.886. The van der Waals surface area contributed by atoms with E-state index < -0.39 is 14.6 Å². The Morgan fingerprint density at radius 3 is 1.89 bits per heavy atom. The topological polar surface area (TPSA) is 70.6 Å². The minimum Gasteiger partial charge on any atom is -0.356 e. The van der Waals surface area contributed by atoms with Gasteiger partial charge in [-0.3, -0.25) is 4.99 Å². The smallest absolute Gasteiger partial charge is 0.191 e. The lowest BCUT2D eigenvalue weighted by molar-refractivity contribution is 0.544. The predicted octanol–water partition coefficient (Wildman–Crippen LogP) is 3.20. The number of guanidine groups is 1. The maximum atomic E-state index is 11.9. The summed E-state index contributed by atoms with van der Waals surface area (Å²) in [5.41, 5.74) is 2.55. The average molecular weight is 402 g/mol. The molecule has 2 rings (SSSR count). The standard InChI is InChI=1S/C22H31N3O2S/c1-22(2,28(4,26)27)17-25-21(23-3)24-16-15-20(18-11-7-5-8-12-18)19-13-9-6-10-14-19/h5-14,20H,15-17H2,1-4H3,(H2,23,24,25). The van der Waals surface area contributed by atoms with Crippen molar-refractivity contribution in [2.45, 2.75) is 30.9 Å². The SMILES string of the molecule is CN=C(NCCC(c1ccccc1)c1ccccc1)NCC(C)(C)S(C)(=O)=O.